The first-order chi connectivity index (χ1) is 17.6. The van der Waals surface area contributed by atoms with Gasteiger partial charge in [-0.2, -0.15) is 0 Å². The first-order valence-electron chi connectivity index (χ1n) is 12.2. The first kappa shape index (κ1) is 24.0. The molecule has 2 saturated heterocycles. The van der Waals surface area contributed by atoms with E-state index in [-0.39, 0.29) is 24.3 Å². The van der Waals surface area contributed by atoms with Crippen molar-refractivity contribution in [1.82, 2.24) is 20.1 Å². The van der Waals surface area contributed by atoms with Crippen LogP contribution in [0.2, 0.25) is 0 Å². The zero-order valence-electron chi connectivity index (χ0n) is 20.0. The number of hydrogen-bond acceptors (Lipinski definition) is 6. The van der Waals surface area contributed by atoms with Gasteiger partial charge in [-0.05, 0) is 48.6 Å². The SMILES string of the molecule is O=C(CN1CN(c2ccccc2)C2(CCN(C(=O)c3cccs3)CC2)C1=O)NCCc1ccccn1. The summed E-state index contributed by atoms with van der Waals surface area (Å²) in [5.74, 6) is -0.218. The van der Waals surface area contributed by atoms with Gasteiger partial charge in [-0.3, -0.25) is 19.4 Å². The summed E-state index contributed by atoms with van der Waals surface area (Å²) in [4.78, 5) is 50.0. The lowest BCUT2D eigenvalue weighted by Gasteiger charge is -2.43. The van der Waals surface area contributed by atoms with Crippen molar-refractivity contribution < 1.29 is 14.4 Å². The number of nitrogens with zero attached hydrogens (tertiary/aromatic N) is 4. The standard InChI is InChI=1S/C27H29N5O3S/c33-24(29-15-11-21-7-4-5-14-28-21)19-31-20-32(22-8-2-1-3-9-22)27(26(31)35)12-16-30(17-13-27)25(34)23-10-6-18-36-23/h1-10,14,18H,11-13,15-17,19-20H2,(H,29,33). The number of piperidine rings is 1. The van der Waals surface area contributed by atoms with Gasteiger partial charge in [-0.1, -0.05) is 30.3 Å². The van der Waals surface area contributed by atoms with Crippen LogP contribution < -0.4 is 10.2 Å². The normalized spacial score (nSPS) is 17.0. The molecule has 1 spiro atoms. The van der Waals surface area contributed by atoms with E-state index in [9.17, 15) is 14.4 Å². The average Bonchev–Trinajstić information content (AvgIpc) is 3.54. The highest BCUT2D eigenvalue weighted by molar-refractivity contribution is 7.12. The molecular weight excluding hydrogens is 474 g/mol. The molecule has 1 aromatic carbocycles. The molecule has 0 aliphatic carbocycles. The van der Waals surface area contributed by atoms with Crippen LogP contribution in [-0.4, -0.2) is 70.9 Å². The van der Waals surface area contributed by atoms with Crippen LogP contribution in [0.25, 0.3) is 0 Å². The first-order valence-corrected chi connectivity index (χ1v) is 13.1. The summed E-state index contributed by atoms with van der Waals surface area (Å²) in [5.41, 5.74) is 1.09. The molecule has 4 heterocycles. The number of likely N-dealkylation sites (tertiary alicyclic amines) is 1. The monoisotopic (exact) mass is 503 g/mol. The second kappa shape index (κ2) is 10.5. The van der Waals surface area contributed by atoms with E-state index in [4.69, 9.17) is 0 Å². The van der Waals surface area contributed by atoms with Gasteiger partial charge in [0.1, 0.15) is 12.1 Å². The number of anilines is 1. The van der Waals surface area contributed by atoms with Gasteiger partial charge in [0.15, 0.2) is 0 Å². The maximum absolute atomic E-state index is 13.8. The van der Waals surface area contributed by atoms with E-state index in [2.05, 4.69) is 15.2 Å². The third-order valence-electron chi connectivity index (χ3n) is 6.96. The Labute approximate surface area is 214 Å². The van der Waals surface area contributed by atoms with Crippen LogP contribution >= 0.6 is 11.3 Å². The molecule has 186 valence electrons. The Kier molecular flexibility index (Phi) is 6.99. The summed E-state index contributed by atoms with van der Waals surface area (Å²) in [5, 5.41) is 4.82. The zero-order chi connectivity index (χ0) is 25.0. The Bertz CT molecular complexity index is 1190. The van der Waals surface area contributed by atoms with E-state index in [0.717, 1.165) is 11.4 Å². The van der Waals surface area contributed by atoms with E-state index >= 15 is 0 Å². The number of hydrogen-bond donors (Lipinski definition) is 1. The molecule has 5 rings (SSSR count). The maximum atomic E-state index is 13.8. The Hall–Kier alpha value is -3.72. The Morgan fingerprint density at radius 1 is 1.00 bits per heavy atom. The smallest absolute Gasteiger partial charge is 0.263 e. The van der Waals surface area contributed by atoms with E-state index in [1.54, 1.807) is 11.1 Å². The Balaban J connectivity index is 1.27. The van der Waals surface area contributed by atoms with Gasteiger partial charge in [0, 0.05) is 43.6 Å². The van der Waals surface area contributed by atoms with E-state index in [1.807, 2.05) is 70.9 Å². The van der Waals surface area contributed by atoms with Crippen LogP contribution in [0.1, 0.15) is 28.2 Å². The van der Waals surface area contributed by atoms with Crippen LogP contribution in [0.15, 0.2) is 72.2 Å². The van der Waals surface area contributed by atoms with Crippen LogP contribution in [0, 0.1) is 0 Å². The largest absolute Gasteiger partial charge is 0.354 e. The molecular formula is C27H29N5O3S. The van der Waals surface area contributed by atoms with Crippen molar-refractivity contribution in [2.75, 3.05) is 37.7 Å². The molecule has 2 aliphatic rings. The van der Waals surface area contributed by atoms with E-state index in [0.29, 0.717) is 50.4 Å². The molecule has 1 N–H and O–H groups in total. The van der Waals surface area contributed by atoms with Crippen molar-refractivity contribution in [2.45, 2.75) is 24.8 Å². The fourth-order valence-corrected chi connectivity index (χ4v) is 5.75. The third-order valence-corrected chi connectivity index (χ3v) is 7.81. The summed E-state index contributed by atoms with van der Waals surface area (Å²) in [7, 11) is 0. The molecule has 2 aromatic heterocycles. The zero-order valence-corrected chi connectivity index (χ0v) is 20.8. The summed E-state index contributed by atoms with van der Waals surface area (Å²) in [6.45, 7) is 1.80. The fourth-order valence-electron chi connectivity index (χ4n) is 5.06. The van der Waals surface area contributed by atoms with Crippen molar-refractivity contribution >= 4 is 34.7 Å². The molecule has 9 heteroatoms. The summed E-state index contributed by atoms with van der Waals surface area (Å²) >= 11 is 1.43. The lowest BCUT2D eigenvalue weighted by atomic mass is 9.85. The predicted octanol–water partition coefficient (Wildman–Crippen LogP) is 2.78. The predicted molar refractivity (Wildman–Crippen MR) is 139 cm³/mol. The van der Waals surface area contributed by atoms with Crippen LogP contribution in [0.3, 0.4) is 0 Å². The van der Waals surface area contributed by atoms with Crippen LogP contribution in [0.4, 0.5) is 5.69 Å². The summed E-state index contributed by atoms with van der Waals surface area (Å²) < 4.78 is 0. The van der Waals surface area contributed by atoms with Crippen molar-refractivity contribution in [1.29, 1.82) is 0 Å². The molecule has 0 unspecified atom stereocenters. The fraction of sp³-hybridized carbons (Fsp3) is 0.333. The minimum Gasteiger partial charge on any atom is -0.354 e. The molecule has 0 radical (unpaired) electrons. The molecule has 8 nitrogen and oxygen atoms in total. The summed E-state index contributed by atoms with van der Waals surface area (Å²) in [6, 6.07) is 19.3. The van der Waals surface area contributed by atoms with Crippen molar-refractivity contribution in [3.8, 4) is 0 Å². The lowest BCUT2D eigenvalue weighted by molar-refractivity contribution is -0.137. The highest BCUT2D eigenvalue weighted by Crippen LogP contribution is 2.39. The number of carbonyl (C=O) groups is 3. The highest BCUT2D eigenvalue weighted by atomic mass is 32.1. The molecule has 2 fully saturated rings. The molecule has 36 heavy (non-hydrogen) atoms. The number of carbonyl (C=O) groups excluding carboxylic acids is 3. The molecule has 3 aromatic rings. The lowest BCUT2D eigenvalue weighted by Crippen LogP contribution is -2.57. The van der Waals surface area contributed by atoms with Gasteiger partial charge in [0.25, 0.3) is 11.8 Å². The van der Waals surface area contributed by atoms with Gasteiger partial charge < -0.3 is 20.0 Å². The Morgan fingerprint density at radius 3 is 2.47 bits per heavy atom. The van der Waals surface area contributed by atoms with Crippen LogP contribution in [0.5, 0.6) is 0 Å². The van der Waals surface area contributed by atoms with Gasteiger partial charge >= 0.3 is 0 Å². The van der Waals surface area contributed by atoms with Crippen molar-refractivity contribution in [3.05, 3.63) is 82.8 Å². The molecule has 2 aliphatic heterocycles. The number of thiophene rings is 1. The number of benzene rings is 1. The minimum atomic E-state index is -0.762. The minimum absolute atomic E-state index is 0.00394. The van der Waals surface area contributed by atoms with E-state index in [1.165, 1.54) is 11.3 Å². The third kappa shape index (κ3) is 4.83. The highest BCUT2D eigenvalue weighted by Gasteiger charge is 2.54. The topological polar surface area (TPSA) is 85.9 Å². The summed E-state index contributed by atoms with van der Waals surface area (Å²) in [6.07, 6.45) is 3.41. The number of pyridine rings is 1. The number of aromatic nitrogens is 1. The number of amides is 3. The molecule has 0 saturated carbocycles. The van der Waals surface area contributed by atoms with Crippen LogP contribution in [-0.2, 0) is 16.0 Å². The quantitative estimate of drug-likeness (QED) is 0.536. The van der Waals surface area contributed by atoms with Crippen molar-refractivity contribution in [2.24, 2.45) is 0 Å². The molecule has 0 atom stereocenters. The van der Waals surface area contributed by atoms with Gasteiger partial charge in [-0.25, -0.2) is 0 Å². The number of para-hydroxylation sites is 1. The molecule has 0 bridgehead atoms. The van der Waals surface area contributed by atoms with Gasteiger partial charge in [0.2, 0.25) is 5.91 Å². The molecule has 3 amide bonds. The van der Waals surface area contributed by atoms with E-state index < -0.39 is 5.54 Å². The number of nitrogens with one attached hydrogen (secondary N) is 1. The maximum Gasteiger partial charge on any atom is 0.263 e. The second-order valence-electron chi connectivity index (χ2n) is 9.13. The Morgan fingerprint density at radius 2 is 1.78 bits per heavy atom. The average molecular weight is 504 g/mol. The second-order valence-corrected chi connectivity index (χ2v) is 10.1. The van der Waals surface area contributed by atoms with Gasteiger partial charge in [0.05, 0.1) is 11.5 Å². The van der Waals surface area contributed by atoms with Crippen molar-refractivity contribution in [3.63, 3.8) is 0 Å². The number of rotatable bonds is 7. The van der Waals surface area contributed by atoms with Gasteiger partial charge in [-0.15, -0.1) is 11.3 Å².